The highest BCUT2D eigenvalue weighted by Gasteiger charge is 2.20. The van der Waals surface area contributed by atoms with Crippen LogP contribution in [0.4, 0.5) is 5.82 Å². The van der Waals surface area contributed by atoms with Crippen LogP contribution in [0.15, 0.2) is 35.8 Å². The first-order valence-electron chi connectivity index (χ1n) is 7.28. The first kappa shape index (κ1) is 14.4. The zero-order valence-corrected chi connectivity index (χ0v) is 12.8. The highest BCUT2D eigenvalue weighted by Crippen LogP contribution is 2.12. The number of rotatable bonds is 6. The van der Waals surface area contributed by atoms with Crippen LogP contribution in [-0.2, 0) is 11.2 Å². The Morgan fingerprint density at radius 1 is 1.38 bits per heavy atom. The van der Waals surface area contributed by atoms with Crippen molar-refractivity contribution in [1.29, 1.82) is 0 Å². The van der Waals surface area contributed by atoms with Crippen LogP contribution in [0.2, 0.25) is 0 Å². The van der Waals surface area contributed by atoms with E-state index in [1.54, 1.807) is 6.20 Å². The molecule has 2 aromatic heterocycles. The van der Waals surface area contributed by atoms with E-state index in [9.17, 15) is 0 Å². The Morgan fingerprint density at radius 3 is 3.19 bits per heavy atom. The first-order chi connectivity index (χ1) is 10.4. The summed E-state index contributed by atoms with van der Waals surface area (Å²) in [6, 6.07) is 8.12. The summed E-state index contributed by atoms with van der Waals surface area (Å²) in [5.74, 6) is 0.803. The number of anilines is 1. The van der Waals surface area contributed by atoms with Crippen molar-refractivity contribution < 1.29 is 4.74 Å². The van der Waals surface area contributed by atoms with Crippen LogP contribution in [0.25, 0.3) is 0 Å². The average Bonchev–Trinajstić information content (AvgIpc) is 3.06. The van der Waals surface area contributed by atoms with Gasteiger partial charge in [-0.05, 0) is 30.0 Å². The average molecular weight is 304 g/mol. The maximum atomic E-state index is 5.82. The molecule has 21 heavy (non-hydrogen) atoms. The van der Waals surface area contributed by atoms with Gasteiger partial charge < -0.3 is 10.1 Å². The van der Waals surface area contributed by atoms with E-state index in [1.165, 1.54) is 4.88 Å². The summed E-state index contributed by atoms with van der Waals surface area (Å²) < 4.78 is 5.82. The second-order valence-electron chi connectivity index (χ2n) is 5.11. The van der Waals surface area contributed by atoms with Crippen LogP contribution < -0.4 is 5.32 Å². The van der Waals surface area contributed by atoms with Crippen molar-refractivity contribution in [2.45, 2.75) is 12.5 Å². The van der Waals surface area contributed by atoms with Crippen LogP contribution >= 0.6 is 11.3 Å². The molecule has 0 bridgehead atoms. The van der Waals surface area contributed by atoms with E-state index >= 15 is 0 Å². The summed E-state index contributed by atoms with van der Waals surface area (Å²) in [6.45, 7) is 4.67. The summed E-state index contributed by atoms with van der Waals surface area (Å²) in [5.41, 5.74) is 0. The van der Waals surface area contributed by atoms with E-state index in [4.69, 9.17) is 4.74 Å². The third-order valence-corrected chi connectivity index (χ3v) is 4.50. The number of thiophene rings is 1. The Labute approximate surface area is 129 Å². The Morgan fingerprint density at radius 2 is 2.38 bits per heavy atom. The lowest BCUT2D eigenvalue weighted by molar-refractivity contribution is -0.0206. The third-order valence-electron chi connectivity index (χ3n) is 3.56. The molecule has 1 saturated heterocycles. The molecule has 0 amide bonds. The zero-order valence-electron chi connectivity index (χ0n) is 11.9. The van der Waals surface area contributed by atoms with Gasteiger partial charge in [0.15, 0.2) is 0 Å². The highest BCUT2D eigenvalue weighted by molar-refractivity contribution is 7.09. The first-order valence-corrected chi connectivity index (χ1v) is 8.16. The number of hydrogen-bond acceptors (Lipinski definition) is 6. The van der Waals surface area contributed by atoms with Gasteiger partial charge in [-0.1, -0.05) is 6.07 Å². The molecular weight excluding hydrogens is 284 g/mol. The normalized spacial score (nSPS) is 19.5. The number of nitrogens with one attached hydrogen (secondary N) is 1. The molecule has 0 aliphatic carbocycles. The Bertz CT molecular complexity index is 520. The molecule has 112 valence electrons. The topological polar surface area (TPSA) is 50.3 Å². The summed E-state index contributed by atoms with van der Waals surface area (Å²) in [4.78, 5) is 3.93. The lowest BCUT2D eigenvalue weighted by Crippen LogP contribution is -2.45. The van der Waals surface area contributed by atoms with E-state index in [1.807, 2.05) is 23.5 Å². The number of nitrogens with zero attached hydrogens (tertiary/aromatic N) is 3. The van der Waals surface area contributed by atoms with E-state index in [0.717, 1.165) is 45.0 Å². The SMILES string of the molecule is c1cnnc(NC[C@H]2CN(CCc3cccs3)CCO2)c1. The van der Waals surface area contributed by atoms with Gasteiger partial charge in [0.2, 0.25) is 0 Å². The number of hydrogen-bond donors (Lipinski definition) is 1. The van der Waals surface area contributed by atoms with Gasteiger partial charge in [0.05, 0.1) is 12.7 Å². The van der Waals surface area contributed by atoms with Crippen molar-refractivity contribution in [1.82, 2.24) is 15.1 Å². The fourth-order valence-electron chi connectivity index (χ4n) is 2.44. The largest absolute Gasteiger partial charge is 0.374 e. The molecule has 3 rings (SSSR count). The van der Waals surface area contributed by atoms with Crippen LogP contribution in [-0.4, -0.2) is 54.0 Å². The van der Waals surface area contributed by atoms with Crippen LogP contribution in [0.1, 0.15) is 4.88 Å². The van der Waals surface area contributed by atoms with E-state index in [-0.39, 0.29) is 6.10 Å². The third kappa shape index (κ3) is 4.49. The maximum Gasteiger partial charge on any atom is 0.148 e. The van der Waals surface area contributed by atoms with Gasteiger partial charge in [-0.3, -0.25) is 4.90 Å². The van der Waals surface area contributed by atoms with Crippen molar-refractivity contribution >= 4 is 17.2 Å². The number of ether oxygens (including phenoxy) is 1. The number of aromatic nitrogens is 2. The second-order valence-corrected chi connectivity index (χ2v) is 6.14. The molecular formula is C15H20N4OS. The Kier molecular flexibility index (Phi) is 5.15. The standard InChI is InChI=1S/C15H20N4OS/c1-4-15(18-17-6-1)16-11-13-12-19(8-9-20-13)7-5-14-3-2-10-21-14/h1-4,6,10,13H,5,7-9,11-12H2,(H,16,18)/t13-/m0/s1. The van der Waals surface area contributed by atoms with E-state index in [0.29, 0.717) is 0 Å². The smallest absolute Gasteiger partial charge is 0.148 e. The molecule has 0 spiro atoms. The summed E-state index contributed by atoms with van der Waals surface area (Å²) in [5, 5.41) is 13.3. The Hall–Kier alpha value is -1.50. The molecule has 1 atom stereocenters. The maximum absolute atomic E-state index is 5.82. The second kappa shape index (κ2) is 7.49. The molecule has 0 aromatic carbocycles. The van der Waals surface area contributed by atoms with Gasteiger partial charge in [0.25, 0.3) is 0 Å². The van der Waals surface area contributed by atoms with Crippen LogP contribution in [0, 0.1) is 0 Å². The fourth-order valence-corrected chi connectivity index (χ4v) is 3.14. The van der Waals surface area contributed by atoms with Crippen LogP contribution in [0.3, 0.4) is 0 Å². The highest BCUT2D eigenvalue weighted by atomic mass is 32.1. The van der Waals surface area contributed by atoms with Gasteiger partial charge in [0, 0.05) is 37.3 Å². The molecule has 3 heterocycles. The van der Waals surface area contributed by atoms with Crippen molar-refractivity contribution in [3.05, 3.63) is 40.7 Å². The molecule has 1 N–H and O–H groups in total. The molecule has 1 aliphatic heterocycles. The predicted octanol–water partition coefficient (Wildman–Crippen LogP) is 1.89. The van der Waals surface area contributed by atoms with Gasteiger partial charge in [-0.2, -0.15) is 5.10 Å². The molecule has 2 aromatic rings. The molecule has 6 heteroatoms. The molecule has 0 unspecified atom stereocenters. The number of morpholine rings is 1. The van der Waals surface area contributed by atoms with Gasteiger partial charge in [0.1, 0.15) is 5.82 Å². The minimum atomic E-state index is 0.212. The van der Waals surface area contributed by atoms with Gasteiger partial charge in [-0.25, -0.2) is 0 Å². The Balaban J connectivity index is 1.42. The minimum Gasteiger partial charge on any atom is -0.374 e. The fraction of sp³-hybridized carbons (Fsp3) is 0.467. The lowest BCUT2D eigenvalue weighted by Gasteiger charge is -2.33. The van der Waals surface area contributed by atoms with Gasteiger partial charge >= 0.3 is 0 Å². The van der Waals surface area contributed by atoms with Crippen molar-refractivity contribution in [3.8, 4) is 0 Å². The summed E-state index contributed by atoms with van der Waals surface area (Å²) >= 11 is 1.83. The monoisotopic (exact) mass is 304 g/mol. The minimum absolute atomic E-state index is 0.212. The predicted molar refractivity (Wildman–Crippen MR) is 84.7 cm³/mol. The molecule has 0 saturated carbocycles. The van der Waals surface area contributed by atoms with Crippen LogP contribution in [0.5, 0.6) is 0 Å². The van der Waals surface area contributed by atoms with Gasteiger partial charge in [-0.15, -0.1) is 16.4 Å². The quantitative estimate of drug-likeness (QED) is 0.883. The van der Waals surface area contributed by atoms with E-state index in [2.05, 4.69) is 37.9 Å². The molecule has 5 nitrogen and oxygen atoms in total. The van der Waals surface area contributed by atoms with Crippen molar-refractivity contribution in [2.75, 3.05) is 38.1 Å². The lowest BCUT2D eigenvalue weighted by atomic mass is 10.2. The van der Waals surface area contributed by atoms with E-state index < -0.39 is 0 Å². The molecule has 1 fully saturated rings. The van der Waals surface area contributed by atoms with Crippen molar-refractivity contribution in [3.63, 3.8) is 0 Å². The summed E-state index contributed by atoms with van der Waals surface area (Å²) in [6.07, 6.45) is 3.01. The molecule has 1 aliphatic rings. The zero-order chi connectivity index (χ0) is 14.3. The molecule has 0 radical (unpaired) electrons. The summed E-state index contributed by atoms with van der Waals surface area (Å²) in [7, 11) is 0. The van der Waals surface area contributed by atoms with Crippen molar-refractivity contribution in [2.24, 2.45) is 0 Å².